The van der Waals surface area contributed by atoms with Gasteiger partial charge in [-0.15, -0.1) is 10.2 Å². The number of hydrogen-bond donors (Lipinski definition) is 1. The molecule has 0 atom stereocenters. The average molecular weight is 468 g/mol. The molecule has 1 saturated heterocycles. The lowest BCUT2D eigenvalue weighted by molar-refractivity contribution is -0.118. The molecule has 9 heteroatoms. The number of para-hydroxylation sites is 1. The summed E-state index contributed by atoms with van der Waals surface area (Å²) >= 11 is 1.38. The molecule has 0 bridgehead atoms. The van der Waals surface area contributed by atoms with Gasteiger partial charge < -0.3 is 14.8 Å². The van der Waals surface area contributed by atoms with E-state index in [0.717, 1.165) is 56.3 Å². The number of nitrogens with zero attached hydrogens (tertiary/aromatic N) is 4. The van der Waals surface area contributed by atoms with Crippen LogP contribution in [0.4, 0.5) is 0 Å². The van der Waals surface area contributed by atoms with Crippen molar-refractivity contribution in [1.29, 1.82) is 0 Å². The van der Waals surface area contributed by atoms with E-state index in [9.17, 15) is 4.79 Å². The molecule has 4 rings (SSSR count). The number of ether oxygens (including phenoxy) is 2. The fourth-order valence-electron chi connectivity index (χ4n) is 3.66. The van der Waals surface area contributed by atoms with Crippen LogP contribution in [0, 0.1) is 0 Å². The number of methoxy groups -OCH3 is 1. The maximum absolute atomic E-state index is 12.4. The zero-order valence-corrected chi connectivity index (χ0v) is 19.6. The van der Waals surface area contributed by atoms with Crippen molar-refractivity contribution in [3.05, 3.63) is 54.6 Å². The van der Waals surface area contributed by atoms with Gasteiger partial charge >= 0.3 is 0 Å². The number of aromatic nitrogens is 3. The minimum atomic E-state index is -0.00693. The summed E-state index contributed by atoms with van der Waals surface area (Å²) in [5, 5.41) is 12.5. The third-order valence-electron chi connectivity index (χ3n) is 5.39. The summed E-state index contributed by atoms with van der Waals surface area (Å²) in [6.07, 6.45) is 0.927. The Morgan fingerprint density at radius 2 is 1.94 bits per heavy atom. The highest BCUT2D eigenvalue weighted by atomic mass is 32.2. The van der Waals surface area contributed by atoms with Crippen LogP contribution in [0.15, 0.2) is 59.8 Å². The first-order valence-electron chi connectivity index (χ1n) is 11.1. The Hall–Kier alpha value is -2.88. The van der Waals surface area contributed by atoms with Gasteiger partial charge in [-0.2, -0.15) is 0 Å². The van der Waals surface area contributed by atoms with Gasteiger partial charge in [0.05, 0.1) is 26.1 Å². The maximum atomic E-state index is 12.4. The summed E-state index contributed by atoms with van der Waals surface area (Å²) in [6.45, 7) is 5.16. The van der Waals surface area contributed by atoms with Gasteiger partial charge in [0.25, 0.3) is 0 Å². The Morgan fingerprint density at radius 1 is 1.12 bits per heavy atom. The van der Waals surface area contributed by atoms with Crippen LogP contribution in [0.2, 0.25) is 0 Å². The third kappa shape index (κ3) is 6.34. The van der Waals surface area contributed by atoms with E-state index in [-0.39, 0.29) is 11.7 Å². The van der Waals surface area contributed by atoms with Gasteiger partial charge in [-0.3, -0.25) is 14.3 Å². The van der Waals surface area contributed by atoms with Gasteiger partial charge in [-0.1, -0.05) is 42.1 Å². The van der Waals surface area contributed by atoms with Crippen molar-refractivity contribution in [3.8, 4) is 22.8 Å². The van der Waals surface area contributed by atoms with Crippen LogP contribution in [0.25, 0.3) is 17.1 Å². The van der Waals surface area contributed by atoms with E-state index < -0.39 is 0 Å². The normalized spacial score (nSPS) is 14.2. The van der Waals surface area contributed by atoms with Crippen LogP contribution >= 0.6 is 11.8 Å². The highest BCUT2D eigenvalue weighted by molar-refractivity contribution is 7.99. The van der Waals surface area contributed by atoms with Crippen LogP contribution in [-0.4, -0.2) is 77.8 Å². The maximum Gasteiger partial charge on any atom is 0.230 e. The number of rotatable bonds is 10. The molecule has 0 saturated carbocycles. The second-order valence-corrected chi connectivity index (χ2v) is 8.60. The van der Waals surface area contributed by atoms with Crippen LogP contribution < -0.4 is 10.1 Å². The molecule has 2 heterocycles. The summed E-state index contributed by atoms with van der Waals surface area (Å²) in [5.74, 6) is 1.72. The predicted molar refractivity (Wildman–Crippen MR) is 129 cm³/mol. The summed E-state index contributed by atoms with van der Waals surface area (Å²) in [6, 6.07) is 17.6. The van der Waals surface area contributed by atoms with Crippen molar-refractivity contribution < 1.29 is 14.3 Å². The molecule has 1 aliphatic heterocycles. The van der Waals surface area contributed by atoms with Crippen LogP contribution in [0.5, 0.6) is 5.75 Å². The van der Waals surface area contributed by atoms with E-state index in [4.69, 9.17) is 9.47 Å². The van der Waals surface area contributed by atoms with E-state index in [1.807, 2.05) is 59.2 Å². The Balaban J connectivity index is 1.40. The molecule has 1 aromatic heterocycles. The molecule has 0 radical (unpaired) electrons. The molecule has 1 fully saturated rings. The standard InChI is InChI=1S/C24H29N5O3S/c1-31-21-10-5-7-19(17-21)23-26-27-24(29(23)20-8-3-2-4-9-20)33-18-22(30)25-11-6-12-28-13-15-32-16-14-28/h2-5,7-10,17H,6,11-16,18H2,1H3,(H,25,30). The van der Waals surface area contributed by atoms with Crippen molar-refractivity contribution >= 4 is 17.7 Å². The van der Waals surface area contributed by atoms with Gasteiger partial charge in [0.1, 0.15) is 5.75 Å². The second-order valence-electron chi connectivity index (χ2n) is 7.66. The fourth-order valence-corrected chi connectivity index (χ4v) is 4.44. The summed E-state index contributed by atoms with van der Waals surface area (Å²) in [4.78, 5) is 14.8. The topological polar surface area (TPSA) is 81.5 Å². The van der Waals surface area contributed by atoms with E-state index in [1.165, 1.54) is 11.8 Å². The largest absolute Gasteiger partial charge is 0.497 e. The number of amides is 1. The third-order valence-corrected chi connectivity index (χ3v) is 6.31. The molecule has 174 valence electrons. The van der Waals surface area contributed by atoms with Crippen molar-refractivity contribution in [1.82, 2.24) is 25.0 Å². The Bertz CT molecular complexity index is 1040. The van der Waals surface area contributed by atoms with Gasteiger partial charge in [-0.25, -0.2) is 0 Å². The Morgan fingerprint density at radius 3 is 2.73 bits per heavy atom. The highest BCUT2D eigenvalue weighted by Crippen LogP contribution is 2.29. The second kappa shape index (κ2) is 11.8. The van der Waals surface area contributed by atoms with Gasteiger partial charge in [-0.05, 0) is 37.2 Å². The molecule has 0 aliphatic carbocycles. The zero-order chi connectivity index (χ0) is 22.9. The van der Waals surface area contributed by atoms with E-state index in [2.05, 4.69) is 20.4 Å². The smallest absolute Gasteiger partial charge is 0.230 e. The van der Waals surface area contributed by atoms with Crippen molar-refractivity contribution in [2.45, 2.75) is 11.6 Å². The molecule has 0 unspecified atom stereocenters. The Labute approximate surface area is 198 Å². The molecule has 1 N–H and O–H groups in total. The van der Waals surface area contributed by atoms with Gasteiger partial charge in [0, 0.05) is 30.9 Å². The number of carbonyl (C=O) groups is 1. The lowest BCUT2D eigenvalue weighted by atomic mass is 10.2. The van der Waals surface area contributed by atoms with E-state index in [1.54, 1.807) is 7.11 Å². The lowest BCUT2D eigenvalue weighted by Crippen LogP contribution is -2.38. The molecular formula is C24H29N5O3S. The van der Waals surface area contributed by atoms with Crippen LogP contribution in [-0.2, 0) is 9.53 Å². The van der Waals surface area contributed by atoms with E-state index in [0.29, 0.717) is 17.5 Å². The number of carbonyl (C=O) groups excluding carboxylic acids is 1. The molecule has 0 spiro atoms. The molecule has 33 heavy (non-hydrogen) atoms. The fraction of sp³-hybridized carbons (Fsp3) is 0.375. The average Bonchev–Trinajstić information content (AvgIpc) is 3.30. The van der Waals surface area contributed by atoms with Gasteiger partial charge in [0.2, 0.25) is 5.91 Å². The SMILES string of the molecule is COc1cccc(-c2nnc(SCC(=O)NCCCN3CCOCC3)n2-c2ccccc2)c1. The number of nitrogens with one attached hydrogen (secondary N) is 1. The molecule has 1 aliphatic rings. The van der Waals surface area contributed by atoms with Crippen molar-refractivity contribution in [3.63, 3.8) is 0 Å². The predicted octanol–water partition coefficient (Wildman–Crippen LogP) is 2.87. The van der Waals surface area contributed by atoms with Crippen LogP contribution in [0.3, 0.4) is 0 Å². The first-order chi connectivity index (χ1) is 16.2. The minimum Gasteiger partial charge on any atom is -0.497 e. The Kier molecular flexibility index (Phi) is 8.35. The molecule has 2 aromatic carbocycles. The number of morpholine rings is 1. The van der Waals surface area contributed by atoms with Crippen molar-refractivity contribution in [2.75, 3.05) is 52.3 Å². The summed E-state index contributed by atoms with van der Waals surface area (Å²) < 4.78 is 12.7. The lowest BCUT2D eigenvalue weighted by Gasteiger charge is -2.26. The summed E-state index contributed by atoms with van der Waals surface area (Å²) in [7, 11) is 1.64. The van der Waals surface area contributed by atoms with Crippen LogP contribution in [0.1, 0.15) is 6.42 Å². The van der Waals surface area contributed by atoms with Crippen molar-refractivity contribution in [2.24, 2.45) is 0 Å². The number of hydrogen-bond acceptors (Lipinski definition) is 7. The van der Waals surface area contributed by atoms with E-state index >= 15 is 0 Å². The number of thioether (sulfide) groups is 1. The minimum absolute atomic E-state index is 0.00693. The molecule has 3 aromatic rings. The highest BCUT2D eigenvalue weighted by Gasteiger charge is 2.18. The zero-order valence-electron chi connectivity index (χ0n) is 18.8. The first-order valence-corrected chi connectivity index (χ1v) is 12.1. The monoisotopic (exact) mass is 467 g/mol. The molecule has 1 amide bonds. The first kappa shape index (κ1) is 23.3. The summed E-state index contributed by atoms with van der Waals surface area (Å²) in [5.41, 5.74) is 1.83. The quantitative estimate of drug-likeness (QED) is 0.363. The molecular weight excluding hydrogens is 438 g/mol. The number of benzene rings is 2. The van der Waals surface area contributed by atoms with Gasteiger partial charge in [0.15, 0.2) is 11.0 Å². The molecule has 8 nitrogen and oxygen atoms in total.